The van der Waals surface area contributed by atoms with Crippen LogP contribution in [0.3, 0.4) is 0 Å². The fraction of sp³-hybridized carbons (Fsp3) is 0.667. The Labute approximate surface area is 91.1 Å². The van der Waals surface area contributed by atoms with Gasteiger partial charge >= 0.3 is 0 Å². The highest BCUT2D eigenvalue weighted by Crippen LogP contribution is 2.37. The normalized spacial score (nSPS) is 22.0. The van der Waals surface area contributed by atoms with Gasteiger partial charge in [-0.3, -0.25) is 0 Å². The van der Waals surface area contributed by atoms with E-state index in [9.17, 15) is 0 Å². The SMILES string of the molecule is CN(C)C1CCCc2sc(Br)nc21. The molecule has 0 fully saturated rings. The molecule has 1 aromatic heterocycles. The van der Waals surface area contributed by atoms with E-state index in [-0.39, 0.29) is 0 Å². The Hall–Kier alpha value is 0.0700. The third-order valence-electron chi connectivity index (χ3n) is 2.52. The third kappa shape index (κ3) is 1.80. The van der Waals surface area contributed by atoms with E-state index < -0.39 is 0 Å². The number of fused-ring (bicyclic) bond motifs is 1. The summed E-state index contributed by atoms with van der Waals surface area (Å²) in [5.74, 6) is 0. The molecule has 1 unspecified atom stereocenters. The minimum Gasteiger partial charge on any atom is -0.301 e. The molecule has 1 aliphatic rings. The Morgan fingerprint density at radius 1 is 1.54 bits per heavy atom. The topological polar surface area (TPSA) is 16.1 Å². The fourth-order valence-corrected chi connectivity index (χ4v) is 3.53. The lowest BCUT2D eigenvalue weighted by molar-refractivity contribution is 0.264. The summed E-state index contributed by atoms with van der Waals surface area (Å²) in [6.07, 6.45) is 3.75. The van der Waals surface area contributed by atoms with Gasteiger partial charge in [0.05, 0.1) is 11.7 Å². The summed E-state index contributed by atoms with van der Waals surface area (Å²) < 4.78 is 1.03. The number of hydrogen-bond donors (Lipinski definition) is 0. The van der Waals surface area contributed by atoms with Gasteiger partial charge in [-0.15, -0.1) is 11.3 Å². The maximum absolute atomic E-state index is 4.55. The van der Waals surface area contributed by atoms with Crippen LogP contribution in [0.2, 0.25) is 0 Å². The molecule has 13 heavy (non-hydrogen) atoms. The third-order valence-corrected chi connectivity index (χ3v) is 4.10. The van der Waals surface area contributed by atoms with E-state index in [1.807, 2.05) is 0 Å². The van der Waals surface area contributed by atoms with E-state index >= 15 is 0 Å². The molecule has 4 heteroatoms. The molecular formula is C9H13BrN2S. The van der Waals surface area contributed by atoms with Gasteiger partial charge in [0.2, 0.25) is 0 Å². The predicted molar refractivity (Wildman–Crippen MR) is 59.2 cm³/mol. The van der Waals surface area contributed by atoms with Crippen LogP contribution >= 0.6 is 27.3 Å². The van der Waals surface area contributed by atoms with Crippen molar-refractivity contribution < 1.29 is 0 Å². The summed E-state index contributed by atoms with van der Waals surface area (Å²) in [7, 11) is 4.26. The van der Waals surface area contributed by atoms with Crippen molar-refractivity contribution in [2.45, 2.75) is 25.3 Å². The highest BCUT2D eigenvalue weighted by molar-refractivity contribution is 9.11. The van der Waals surface area contributed by atoms with E-state index in [2.05, 4.69) is 39.9 Å². The standard InChI is InChI=1S/C9H13BrN2S/c1-12(2)6-4-3-5-7-8(6)11-9(10)13-7/h6H,3-5H2,1-2H3. The van der Waals surface area contributed by atoms with Crippen molar-refractivity contribution in [1.29, 1.82) is 0 Å². The van der Waals surface area contributed by atoms with Crippen molar-refractivity contribution >= 4 is 27.3 Å². The monoisotopic (exact) mass is 260 g/mol. The molecule has 0 amide bonds. The molecule has 0 radical (unpaired) electrons. The fourth-order valence-electron chi connectivity index (χ4n) is 1.87. The zero-order valence-corrected chi connectivity index (χ0v) is 10.3. The summed E-state index contributed by atoms with van der Waals surface area (Å²) in [4.78, 5) is 8.28. The van der Waals surface area contributed by atoms with Crippen molar-refractivity contribution in [3.8, 4) is 0 Å². The lowest BCUT2D eigenvalue weighted by Gasteiger charge is -2.26. The highest BCUT2D eigenvalue weighted by Gasteiger charge is 2.25. The quantitative estimate of drug-likeness (QED) is 0.772. The summed E-state index contributed by atoms with van der Waals surface area (Å²) >= 11 is 5.25. The number of hydrogen-bond acceptors (Lipinski definition) is 3. The van der Waals surface area contributed by atoms with E-state index in [0.717, 1.165) is 3.92 Å². The number of rotatable bonds is 1. The zero-order valence-electron chi connectivity index (χ0n) is 7.88. The maximum atomic E-state index is 4.55. The molecule has 72 valence electrons. The second kappa shape index (κ2) is 3.67. The Morgan fingerprint density at radius 2 is 2.31 bits per heavy atom. The van der Waals surface area contributed by atoms with Crippen LogP contribution in [0, 0.1) is 0 Å². The summed E-state index contributed by atoms with van der Waals surface area (Å²) in [5, 5.41) is 0. The molecule has 1 heterocycles. The summed E-state index contributed by atoms with van der Waals surface area (Å²) in [5.41, 5.74) is 1.30. The first-order valence-electron chi connectivity index (χ1n) is 4.50. The highest BCUT2D eigenvalue weighted by atomic mass is 79.9. The molecule has 2 rings (SSSR count). The van der Waals surface area contributed by atoms with Crippen LogP contribution < -0.4 is 0 Å². The Balaban J connectivity index is 2.36. The second-order valence-electron chi connectivity index (χ2n) is 3.65. The van der Waals surface area contributed by atoms with E-state index in [1.165, 1.54) is 29.8 Å². The molecule has 0 saturated heterocycles. The first-order valence-corrected chi connectivity index (χ1v) is 6.11. The van der Waals surface area contributed by atoms with Gasteiger partial charge in [-0.1, -0.05) is 0 Å². The van der Waals surface area contributed by atoms with Crippen LogP contribution in [0.5, 0.6) is 0 Å². The molecular weight excluding hydrogens is 248 g/mol. The predicted octanol–water partition coefficient (Wildman–Crippen LogP) is 2.84. The van der Waals surface area contributed by atoms with Gasteiger partial charge in [-0.25, -0.2) is 4.98 Å². The number of nitrogens with zero attached hydrogens (tertiary/aromatic N) is 2. The van der Waals surface area contributed by atoms with Crippen LogP contribution in [0.4, 0.5) is 0 Å². The van der Waals surface area contributed by atoms with Crippen LogP contribution in [0.25, 0.3) is 0 Å². The van der Waals surface area contributed by atoms with Crippen molar-refractivity contribution in [3.63, 3.8) is 0 Å². The van der Waals surface area contributed by atoms with Gasteiger partial charge in [-0.2, -0.15) is 0 Å². The van der Waals surface area contributed by atoms with Gasteiger partial charge in [0.25, 0.3) is 0 Å². The number of aromatic nitrogens is 1. The average Bonchev–Trinajstić information content (AvgIpc) is 2.43. The van der Waals surface area contributed by atoms with Crippen LogP contribution in [-0.2, 0) is 6.42 Å². The minimum absolute atomic E-state index is 0.534. The van der Waals surface area contributed by atoms with Crippen LogP contribution in [0.15, 0.2) is 3.92 Å². The lowest BCUT2D eigenvalue weighted by Crippen LogP contribution is -2.23. The van der Waals surface area contributed by atoms with Crippen molar-refractivity contribution in [2.24, 2.45) is 0 Å². The van der Waals surface area contributed by atoms with Crippen LogP contribution in [-0.4, -0.2) is 24.0 Å². The first-order chi connectivity index (χ1) is 6.18. The lowest BCUT2D eigenvalue weighted by atomic mass is 9.97. The molecule has 2 nitrogen and oxygen atoms in total. The van der Waals surface area contributed by atoms with Gasteiger partial charge in [-0.05, 0) is 49.3 Å². The Kier molecular flexibility index (Phi) is 2.72. The molecule has 1 aromatic rings. The van der Waals surface area contributed by atoms with E-state index in [4.69, 9.17) is 0 Å². The molecule has 1 atom stereocenters. The van der Waals surface area contributed by atoms with Gasteiger partial charge in [0.15, 0.2) is 3.92 Å². The number of halogens is 1. The molecule has 0 spiro atoms. The Morgan fingerprint density at radius 3 is 3.00 bits per heavy atom. The smallest absolute Gasteiger partial charge is 0.159 e. The minimum atomic E-state index is 0.534. The molecule has 0 aromatic carbocycles. The van der Waals surface area contributed by atoms with Crippen LogP contribution in [0.1, 0.15) is 29.5 Å². The number of aryl methyl sites for hydroxylation is 1. The summed E-state index contributed by atoms with van der Waals surface area (Å²) in [6, 6.07) is 0.534. The number of thiazole rings is 1. The average molecular weight is 261 g/mol. The molecule has 0 aliphatic heterocycles. The molecule has 0 bridgehead atoms. The zero-order chi connectivity index (χ0) is 9.42. The molecule has 0 saturated carbocycles. The van der Waals surface area contributed by atoms with Crippen molar-refractivity contribution in [1.82, 2.24) is 9.88 Å². The Bertz CT molecular complexity index is 309. The maximum Gasteiger partial charge on any atom is 0.159 e. The van der Waals surface area contributed by atoms with Gasteiger partial charge in [0.1, 0.15) is 0 Å². The summed E-state index contributed by atoms with van der Waals surface area (Å²) in [6.45, 7) is 0. The first kappa shape index (κ1) is 9.62. The molecule has 1 aliphatic carbocycles. The van der Waals surface area contributed by atoms with Crippen molar-refractivity contribution in [2.75, 3.05) is 14.1 Å². The largest absolute Gasteiger partial charge is 0.301 e. The van der Waals surface area contributed by atoms with E-state index in [0.29, 0.717) is 6.04 Å². The van der Waals surface area contributed by atoms with Gasteiger partial charge < -0.3 is 4.90 Å². The van der Waals surface area contributed by atoms with Gasteiger partial charge in [0, 0.05) is 4.88 Å². The second-order valence-corrected chi connectivity index (χ2v) is 6.01. The van der Waals surface area contributed by atoms with E-state index in [1.54, 1.807) is 11.3 Å². The molecule has 0 N–H and O–H groups in total. The van der Waals surface area contributed by atoms with Crippen molar-refractivity contribution in [3.05, 3.63) is 14.5 Å².